The third-order valence-electron chi connectivity index (χ3n) is 8.68. The van der Waals surface area contributed by atoms with Crippen LogP contribution in [0.15, 0.2) is 103 Å². The summed E-state index contributed by atoms with van der Waals surface area (Å²) in [5.41, 5.74) is 7.43. The Morgan fingerprint density at radius 2 is 1.45 bits per heavy atom. The standard InChI is InChI=1S/C39H37N3O5/c1-3-31(27-10-6-4-7-11-27)36(28-12-8-5-9-13-28)29-15-17-30(18-16-29)47-23-22-41(2)25-26-14-19-32-33(24-26)39(46)42(38(32)45)34-20-21-35(43)40-37(34)44/h4-19,24,34H,3,20-23,25H2,1-2H3,(H,40,43,44). The number of benzene rings is 4. The molecule has 8 heteroatoms. The highest BCUT2D eigenvalue weighted by Gasteiger charge is 2.44. The largest absolute Gasteiger partial charge is 0.492 e. The van der Waals surface area contributed by atoms with Crippen molar-refractivity contribution in [2.75, 3.05) is 20.2 Å². The Morgan fingerprint density at radius 3 is 2.11 bits per heavy atom. The number of amides is 4. The molecule has 0 bridgehead atoms. The quantitative estimate of drug-likeness (QED) is 0.163. The van der Waals surface area contributed by atoms with Crippen LogP contribution < -0.4 is 10.1 Å². The molecule has 2 heterocycles. The van der Waals surface area contributed by atoms with Crippen molar-refractivity contribution in [1.29, 1.82) is 0 Å². The van der Waals surface area contributed by atoms with Gasteiger partial charge >= 0.3 is 0 Å². The minimum absolute atomic E-state index is 0.0892. The number of imide groups is 2. The second kappa shape index (κ2) is 14.0. The Kier molecular flexibility index (Phi) is 9.40. The van der Waals surface area contributed by atoms with Crippen LogP contribution in [-0.2, 0) is 16.1 Å². The van der Waals surface area contributed by atoms with E-state index in [-0.39, 0.29) is 24.0 Å². The monoisotopic (exact) mass is 627 g/mol. The molecule has 1 unspecified atom stereocenters. The third kappa shape index (κ3) is 6.78. The first kappa shape index (κ1) is 31.6. The summed E-state index contributed by atoms with van der Waals surface area (Å²) >= 11 is 0. The Bertz CT molecular complexity index is 1830. The van der Waals surface area contributed by atoms with Crippen LogP contribution in [0.2, 0.25) is 0 Å². The topological polar surface area (TPSA) is 96.0 Å². The molecule has 4 aromatic rings. The molecule has 0 saturated carbocycles. The van der Waals surface area contributed by atoms with Crippen LogP contribution >= 0.6 is 0 Å². The van der Waals surface area contributed by atoms with Crippen molar-refractivity contribution >= 4 is 34.8 Å². The van der Waals surface area contributed by atoms with E-state index in [1.807, 2.05) is 37.4 Å². The average molecular weight is 628 g/mol. The van der Waals surface area contributed by atoms with Gasteiger partial charge in [0.05, 0.1) is 11.1 Å². The fourth-order valence-corrected chi connectivity index (χ4v) is 6.33. The minimum atomic E-state index is -0.976. The number of ether oxygens (including phenoxy) is 1. The van der Waals surface area contributed by atoms with Crippen molar-refractivity contribution in [1.82, 2.24) is 15.1 Å². The van der Waals surface area contributed by atoms with Crippen molar-refractivity contribution in [3.05, 3.63) is 137 Å². The molecule has 2 aliphatic heterocycles. The van der Waals surface area contributed by atoms with Gasteiger partial charge in [0.1, 0.15) is 18.4 Å². The highest BCUT2D eigenvalue weighted by atomic mass is 16.5. The van der Waals surface area contributed by atoms with Gasteiger partial charge in [0.2, 0.25) is 11.8 Å². The number of hydrogen-bond acceptors (Lipinski definition) is 6. The van der Waals surface area contributed by atoms with Gasteiger partial charge in [0.15, 0.2) is 0 Å². The molecular weight excluding hydrogens is 590 g/mol. The Morgan fingerprint density at radius 1 is 0.809 bits per heavy atom. The number of carbonyl (C=O) groups excluding carboxylic acids is 4. The number of fused-ring (bicyclic) bond motifs is 1. The maximum Gasteiger partial charge on any atom is 0.262 e. The number of nitrogens with zero attached hydrogens (tertiary/aromatic N) is 2. The van der Waals surface area contributed by atoms with Crippen molar-refractivity contribution in [2.24, 2.45) is 0 Å². The van der Waals surface area contributed by atoms with E-state index in [0.717, 1.165) is 28.2 Å². The van der Waals surface area contributed by atoms with Gasteiger partial charge < -0.3 is 4.74 Å². The maximum absolute atomic E-state index is 13.2. The number of carbonyl (C=O) groups is 4. The number of nitrogens with one attached hydrogen (secondary N) is 1. The van der Waals surface area contributed by atoms with Gasteiger partial charge in [-0.2, -0.15) is 0 Å². The first-order valence-electron chi connectivity index (χ1n) is 15.9. The van der Waals surface area contributed by atoms with E-state index in [4.69, 9.17) is 4.74 Å². The first-order chi connectivity index (χ1) is 22.8. The number of piperidine rings is 1. The number of allylic oxidation sites excluding steroid dienone is 1. The van der Waals surface area contributed by atoms with Gasteiger partial charge in [-0.3, -0.25) is 34.3 Å². The summed E-state index contributed by atoms with van der Waals surface area (Å²) in [5, 5.41) is 2.23. The van der Waals surface area contributed by atoms with Crippen LogP contribution in [0.1, 0.15) is 69.2 Å². The lowest BCUT2D eigenvalue weighted by Gasteiger charge is -2.27. The highest BCUT2D eigenvalue weighted by molar-refractivity contribution is 6.23. The predicted molar refractivity (Wildman–Crippen MR) is 180 cm³/mol. The normalized spacial score (nSPS) is 16.7. The van der Waals surface area contributed by atoms with E-state index in [1.54, 1.807) is 12.1 Å². The van der Waals surface area contributed by atoms with E-state index in [9.17, 15) is 19.2 Å². The molecule has 1 fully saturated rings. The molecule has 238 valence electrons. The maximum atomic E-state index is 13.2. The fraction of sp³-hybridized carbons (Fsp3) is 0.231. The van der Waals surface area contributed by atoms with Crippen LogP contribution in [0.4, 0.5) is 0 Å². The molecule has 0 aromatic heterocycles. The van der Waals surface area contributed by atoms with Gasteiger partial charge in [0, 0.05) is 19.5 Å². The van der Waals surface area contributed by atoms with Crippen LogP contribution in [0.3, 0.4) is 0 Å². The molecule has 6 rings (SSSR count). The van der Waals surface area contributed by atoms with Crippen LogP contribution in [-0.4, -0.2) is 59.7 Å². The zero-order valence-electron chi connectivity index (χ0n) is 26.6. The molecule has 8 nitrogen and oxygen atoms in total. The predicted octanol–water partition coefficient (Wildman–Crippen LogP) is 5.97. The fourth-order valence-electron chi connectivity index (χ4n) is 6.33. The Hall–Kier alpha value is -5.34. The summed E-state index contributed by atoms with van der Waals surface area (Å²) in [6, 6.07) is 33.4. The van der Waals surface area contributed by atoms with E-state index >= 15 is 0 Å². The smallest absolute Gasteiger partial charge is 0.262 e. The zero-order valence-corrected chi connectivity index (χ0v) is 26.6. The Balaban J connectivity index is 1.08. The summed E-state index contributed by atoms with van der Waals surface area (Å²) in [6.45, 7) is 3.83. The van der Waals surface area contributed by atoms with Crippen LogP contribution in [0, 0.1) is 0 Å². The van der Waals surface area contributed by atoms with E-state index in [0.29, 0.717) is 19.7 Å². The van der Waals surface area contributed by atoms with E-state index in [2.05, 4.69) is 77.8 Å². The van der Waals surface area contributed by atoms with E-state index < -0.39 is 29.7 Å². The SMILES string of the molecule is CCC(=C(c1ccccc1)c1ccc(OCCN(C)Cc2ccc3c(c2)C(=O)N(C2CCC(=O)NC2=O)C3=O)cc1)c1ccccc1. The molecule has 4 amide bonds. The molecule has 2 aliphatic rings. The van der Waals surface area contributed by atoms with Crippen molar-refractivity contribution < 1.29 is 23.9 Å². The lowest BCUT2D eigenvalue weighted by atomic mass is 9.88. The number of rotatable bonds is 11. The summed E-state index contributed by atoms with van der Waals surface area (Å²) in [7, 11) is 1.97. The lowest BCUT2D eigenvalue weighted by Crippen LogP contribution is -2.54. The Labute approximate surface area is 274 Å². The van der Waals surface area contributed by atoms with Gasteiger partial charge in [-0.05, 0) is 77.6 Å². The first-order valence-corrected chi connectivity index (χ1v) is 15.9. The molecule has 1 atom stereocenters. The average Bonchev–Trinajstić information content (AvgIpc) is 3.33. The summed E-state index contributed by atoms with van der Waals surface area (Å²) in [5.74, 6) is -1.24. The molecule has 47 heavy (non-hydrogen) atoms. The van der Waals surface area contributed by atoms with Gasteiger partial charge in [0.25, 0.3) is 11.8 Å². The zero-order chi connectivity index (χ0) is 32.9. The number of hydrogen-bond donors (Lipinski definition) is 1. The summed E-state index contributed by atoms with van der Waals surface area (Å²) in [6.07, 6.45) is 1.12. The minimum Gasteiger partial charge on any atom is -0.492 e. The lowest BCUT2D eigenvalue weighted by molar-refractivity contribution is -0.136. The molecule has 4 aromatic carbocycles. The second-order valence-corrected chi connectivity index (χ2v) is 11.9. The van der Waals surface area contributed by atoms with Gasteiger partial charge in [-0.1, -0.05) is 85.8 Å². The van der Waals surface area contributed by atoms with Gasteiger partial charge in [-0.15, -0.1) is 0 Å². The van der Waals surface area contributed by atoms with Gasteiger partial charge in [-0.25, -0.2) is 0 Å². The molecule has 0 spiro atoms. The summed E-state index contributed by atoms with van der Waals surface area (Å²) in [4.78, 5) is 53.1. The second-order valence-electron chi connectivity index (χ2n) is 11.9. The van der Waals surface area contributed by atoms with Crippen LogP contribution in [0.25, 0.3) is 11.1 Å². The molecular formula is C39H37N3O5. The molecule has 1 saturated heterocycles. The van der Waals surface area contributed by atoms with Crippen LogP contribution in [0.5, 0.6) is 5.75 Å². The van der Waals surface area contributed by atoms with Crippen molar-refractivity contribution in [2.45, 2.75) is 38.8 Å². The van der Waals surface area contributed by atoms with Crippen molar-refractivity contribution in [3.63, 3.8) is 0 Å². The van der Waals surface area contributed by atoms with Crippen molar-refractivity contribution in [3.8, 4) is 5.75 Å². The molecule has 1 N–H and O–H groups in total. The molecule has 0 radical (unpaired) electrons. The third-order valence-corrected chi connectivity index (χ3v) is 8.68. The molecule has 0 aliphatic carbocycles. The highest BCUT2D eigenvalue weighted by Crippen LogP contribution is 2.35. The summed E-state index contributed by atoms with van der Waals surface area (Å²) < 4.78 is 6.11. The number of likely N-dealkylation sites (N-methyl/N-ethyl adjacent to an activating group) is 1. The van der Waals surface area contributed by atoms with E-state index in [1.165, 1.54) is 22.3 Å².